The van der Waals surface area contributed by atoms with Crippen molar-refractivity contribution in [3.63, 3.8) is 0 Å². The zero-order chi connectivity index (χ0) is 17.5. The number of nitrogens with one attached hydrogen (secondary N) is 3. The summed E-state index contributed by atoms with van der Waals surface area (Å²) in [7, 11) is 0. The number of halogens is 1. The molecule has 2 saturated carbocycles. The third-order valence-electron chi connectivity index (χ3n) is 6.31. The molecule has 0 bridgehead atoms. The normalized spacial score (nSPS) is 30.1. The Labute approximate surface area is 164 Å². The van der Waals surface area contributed by atoms with Crippen molar-refractivity contribution in [1.29, 1.82) is 0 Å². The van der Waals surface area contributed by atoms with E-state index in [1.54, 1.807) is 0 Å². The van der Waals surface area contributed by atoms with Crippen LogP contribution in [-0.4, -0.2) is 37.0 Å². The number of amides is 2. The van der Waals surface area contributed by atoms with Gasteiger partial charge in [-0.05, 0) is 63.8 Å². The highest BCUT2D eigenvalue weighted by Crippen LogP contribution is 2.28. The van der Waals surface area contributed by atoms with Gasteiger partial charge in [-0.1, -0.05) is 19.3 Å². The molecule has 150 valence electrons. The summed E-state index contributed by atoms with van der Waals surface area (Å²) >= 11 is 0. The number of hydrogen-bond acceptors (Lipinski definition) is 3. The van der Waals surface area contributed by atoms with Crippen LogP contribution in [0.2, 0.25) is 0 Å². The van der Waals surface area contributed by atoms with Crippen molar-refractivity contribution in [1.82, 2.24) is 16.0 Å². The third-order valence-corrected chi connectivity index (χ3v) is 6.31. The number of carbonyl (C=O) groups excluding carboxylic acids is 2. The van der Waals surface area contributed by atoms with E-state index in [1.165, 1.54) is 32.1 Å². The highest BCUT2D eigenvalue weighted by atomic mass is 35.5. The highest BCUT2D eigenvalue weighted by molar-refractivity contribution is 5.85. The minimum Gasteiger partial charge on any atom is -0.353 e. The molecule has 6 heteroatoms. The van der Waals surface area contributed by atoms with Gasteiger partial charge in [0.2, 0.25) is 11.8 Å². The maximum absolute atomic E-state index is 12.4. The first kappa shape index (κ1) is 21.5. The molecule has 3 aliphatic rings. The first-order valence-corrected chi connectivity index (χ1v) is 10.5. The van der Waals surface area contributed by atoms with Crippen LogP contribution < -0.4 is 16.0 Å². The quantitative estimate of drug-likeness (QED) is 0.681. The predicted octanol–water partition coefficient (Wildman–Crippen LogP) is 2.92. The second-order valence-electron chi connectivity index (χ2n) is 8.38. The van der Waals surface area contributed by atoms with Gasteiger partial charge in [-0.15, -0.1) is 12.4 Å². The molecule has 0 spiro atoms. The first-order valence-electron chi connectivity index (χ1n) is 10.5. The van der Waals surface area contributed by atoms with Crippen molar-refractivity contribution < 1.29 is 9.59 Å². The molecule has 1 aliphatic heterocycles. The topological polar surface area (TPSA) is 70.2 Å². The number of piperidine rings is 1. The minimum absolute atomic E-state index is 0. The lowest BCUT2D eigenvalue weighted by Gasteiger charge is -2.31. The van der Waals surface area contributed by atoms with Gasteiger partial charge >= 0.3 is 0 Å². The minimum atomic E-state index is 0. The van der Waals surface area contributed by atoms with E-state index < -0.39 is 0 Å². The molecule has 0 unspecified atom stereocenters. The van der Waals surface area contributed by atoms with Crippen LogP contribution in [0.25, 0.3) is 0 Å². The molecule has 26 heavy (non-hydrogen) atoms. The Hall–Kier alpha value is -0.810. The Morgan fingerprint density at radius 3 is 2.19 bits per heavy atom. The molecule has 3 fully saturated rings. The fourth-order valence-corrected chi connectivity index (χ4v) is 4.73. The standard InChI is InChI=1S/C20H35N3O2.ClH/c24-19(13-15-5-2-1-3-6-15)22-17-10-8-16(9-11-17)20(25)23-18-7-4-12-21-14-18;/h15-18,21H,1-14H2,(H,22,24)(H,23,25);1H/t16?,17?,18-;/m0./s1. The zero-order valence-corrected chi connectivity index (χ0v) is 16.8. The Morgan fingerprint density at radius 2 is 1.54 bits per heavy atom. The summed E-state index contributed by atoms with van der Waals surface area (Å²) in [5.41, 5.74) is 0. The molecule has 0 aromatic carbocycles. The van der Waals surface area contributed by atoms with Crippen LogP contribution in [0.3, 0.4) is 0 Å². The summed E-state index contributed by atoms with van der Waals surface area (Å²) in [6.45, 7) is 1.97. The molecule has 3 N–H and O–H groups in total. The van der Waals surface area contributed by atoms with Gasteiger partial charge in [0, 0.05) is 31.0 Å². The molecule has 2 amide bonds. The van der Waals surface area contributed by atoms with E-state index in [-0.39, 0.29) is 36.2 Å². The second-order valence-corrected chi connectivity index (χ2v) is 8.38. The average Bonchev–Trinajstić information content (AvgIpc) is 2.64. The van der Waals surface area contributed by atoms with E-state index in [4.69, 9.17) is 0 Å². The van der Waals surface area contributed by atoms with E-state index in [0.29, 0.717) is 18.4 Å². The van der Waals surface area contributed by atoms with Crippen LogP contribution in [0, 0.1) is 11.8 Å². The molecule has 1 heterocycles. The van der Waals surface area contributed by atoms with Crippen molar-refractivity contribution in [3.8, 4) is 0 Å². The molecule has 0 aromatic heterocycles. The van der Waals surface area contributed by atoms with E-state index in [0.717, 1.165) is 51.6 Å². The van der Waals surface area contributed by atoms with Crippen LogP contribution in [0.15, 0.2) is 0 Å². The van der Waals surface area contributed by atoms with Crippen LogP contribution in [0.4, 0.5) is 0 Å². The Morgan fingerprint density at radius 1 is 0.808 bits per heavy atom. The van der Waals surface area contributed by atoms with E-state index >= 15 is 0 Å². The van der Waals surface area contributed by atoms with Gasteiger partial charge in [0.05, 0.1) is 0 Å². The number of hydrogen-bond donors (Lipinski definition) is 3. The lowest BCUT2D eigenvalue weighted by Crippen LogP contribution is -2.48. The maximum atomic E-state index is 12.4. The molecular formula is C20H36ClN3O2. The summed E-state index contributed by atoms with van der Waals surface area (Å²) in [5, 5.41) is 9.78. The second kappa shape index (κ2) is 11.1. The maximum Gasteiger partial charge on any atom is 0.223 e. The molecule has 5 nitrogen and oxygen atoms in total. The smallest absolute Gasteiger partial charge is 0.223 e. The van der Waals surface area contributed by atoms with Gasteiger partial charge < -0.3 is 16.0 Å². The Bertz CT molecular complexity index is 440. The van der Waals surface area contributed by atoms with Gasteiger partial charge in [0.25, 0.3) is 0 Å². The van der Waals surface area contributed by atoms with Crippen molar-refractivity contribution in [3.05, 3.63) is 0 Å². The van der Waals surface area contributed by atoms with Gasteiger partial charge in [-0.3, -0.25) is 9.59 Å². The molecule has 3 rings (SSSR count). The number of rotatable bonds is 5. The summed E-state index contributed by atoms with van der Waals surface area (Å²) in [6, 6.07) is 0.575. The SMILES string of the molecule is Cl.O=C(CC1CCCCC1)NC1CCC(C(=O)N[C@H]2CCCNC2)CC1. The molecule has 2 aliphatic carbocycles. The largest absolute Gasteiger partial charge is 0.353 e. The molecule has 0 radical (unpaired) electrons. The first-order chi connectivity index (χ1) is 12.2. The Kier molecular flexibility index (Phi) is 9.20. The lowest BCUT2D eigenvalue weighted by molar-refractivity contribution is -0.127. The summed E-state index contributed by atoms with van der Waals surface area (Å²) in [4.78, 5) is 24.7. The highest BCUT2D eigenvalue weighted by Gasteiger charge is 2.29. The fourth-order valence-electron chi connectivity index (χ4n) is 4.73. The lowest BCUT2D eigenvalue weighted by atomic mass is 9.84. The van der Waals surface area contributed by atoms with E-state index in [2.05, 4.69) is 16.0 Å². The number of carbonyl (C=O) groups is 2. The van der Waals surface area contributed by atoms with Crippen molar-refractivity contribution >= 4 is 24.2 Å². The van der Waals surface area contributed by atoms with Gasteiger partial charge in [0.15, 0.2) is 0 Å². The van der Waals surface area contributed by atoms with Gasteiger partial charge in [-0.25, -0.2) is 0 Å². The fraction of sp³-hybridized carbons (Fsp3) is 0.900. The van der Waals surface area contributed by atoms with Crippen molar-refractivity contribution in [2.75, 3.05) is 13.1 Å². The van der Waals surface area contributed by atoms with Crippen molar-refractivity contribution in [2.24, 2.45) is 11.8 Å². The predicted molar refractivity (Wildman–Crippen MR) is 106 cm³/mol. The summed E-state index contributed by atoms with van der Waals surface area (Å²) < 4.78 is 0. The van der Waals surface area contributed by atoms with Gasteiger partial charge in [0.1, 0.15) is 0 Å². The zero-order valence-electron chi connectivity index (χ0n) is 15.9. The van der Waals surface area contributed by atoms with Crippen LogP contribution in [-0.2, 0) is 9.59 Å². The summed E-state index contributed by atoms with van der Waals surface area (Å²) in [6.07, 6.45) is 13.0. The van der Waals surface area contributed by atoms with Crippen LogP contribution in [0.1, 0.15) is 77.0 Å². The summed E-state index contributed by atoms with van der Waals surface area (Å²) in [5.74, 6) is 1.18. The molecule has 1 atom stereocenters. The third kappa shape index (κ3) is 6.73. The monoisotopic (exact) mass is 385 g/mol. The molecular weight excluding hydrogens is 350 g/mol. The Balaban J connectivity index is 0.00000243. The van der Waals surface area contributed by atoms with Gasteiger partial charge in [-0.2, -0.15) is 0 Å². The van der Waals surface area contributed by atoms with Crippen LogP contribution >= 0.6 is 12.4 Å². The van der Waals surface area contributed by atoms with E-state index in [1.807, 2.05) is 0 Å². The van der Waals surface area contributed by atoms with E-state index in [9.17, 15) is 9.59 Å². The molecule has 0 aromatic rings. The van der Waals surface area contributed by atoms with Crippen molar-refractivity contribution in [2.45, 2.75) is 89.1 Å². The average molecular weight is 386 g/mol. The molecule has 1 saturated heterocycles. The van der Waals surface area contributed by atoms with Crippen LogP contribution in [0.5, 0.6) is 0 Å².